The molecule has 0 saturated heterocycles. The number of rotatable bonds is 6. The van der Waals surface area contributed by atoms with Gasteiger partial charge in [0.2, 0.25) is 5.13 Å². The molecule has 2 aromatic rings. The molecule has 5 nitrogen and oxygen atoms in total. The molecule has 2 aromatic heterocycles. The Morgan fingerprint density at radius 3 is 3.00 bits per heavy atom. The lowest BCUT2D eigenvalue weighted by Crippen LogP contribution is -2.13. The zero-order chi connectivity index (χ0) is 14.4. The number of nitrogens with zero attached hydrogens (tertiary/aromatic N) is 3. The third-order valence-electron chi connectivity index (χ3n) is 2.70. The van der Waals surface area contributed by atoms with Crippen molar-refractivity contribution < 1.29 is 9.18 Å². The van der Waals surface area contributed by atoms with E-state index in [1.165, 1.54) is 23.6 Å². The highest BCUT2D eigenvalue weighted by Gasteiger charge is 2.13. The smallest absolute Gasteiger partial charge is 0.260 e. The molecule has 2 heterocycles. The number of amides is 1. The van der Waals surface area contributed by atoms with Crippen molar-refractivity contribution in [2.45, 2.75) is 32.6 Å². The van der Waals surface area contributed by atoms with E-state index < -0.39 is 11.7 Å². The number of aromatic nitrogens is 3. The molecule has 2 rings (SSSR count). The van der Waals surface area contributed by atoms with Crippen molar-refractivity contribution in [3.05, 3.63) is 34.8 Å². The quantitative estimate of drug-likeness (QED) is 0.831. The molecule has 0 unspecified atom stereocenters. The number of halogens is 1. The van der Waals surface area contributed by atoms with Gasteiger partial charge in [0.05, 0.1) is 11.8 Å². The second-order valence-corrected chi connectivity index (χ2v) is 5.33. The topological polar surface area (TPSA) is 67.8 Å². The summed E-state index contributed by atoms with van der Waals surface area (Å²) in [5, 5.41) is 11.7. The van der Waals surface area contributed by atoms with E-state index in [4.69, 9.17) is 0 Å². The van der Waals surface area contributed by atoms with Crippen LogP contribution in [0.4, 0.5) is 9.52 Å². The molecule has 7 heteroatoms. The predicted octanol–water partition coefficient (Wildman–Crippen LogP) is 3.06. The molecule has 0 aromatic carbocycles. The highest BCUT2D eigenvalue weighted by Crippen LogP contribution is 2.18. The van der Waals surface area contributed by atoms with Crippen molar-refractivity contribution in [2.75, 3.05) is 5.32 Å². The van der Waals surface area contributed by atoms with Crippen molar-refractivity contribution in [1.82, 2.24) is 15.2 Å². The molecule has 0 radical (unpaired) electrons. The first-order valence-electron chi connectivity index (χ1n) is 6.44. The van der Waals surface area contributed by atoms with Crippen molar-refractivity contribution in [3.8, 4) is 0 Å². The molecule has 0 aliphatic heterocycles. The average molecular weight is 294 g/mol. The van der Waals surface area contributed by atoms with Gasteiger partial charge in [-0.2, -0.15) is 0 Å². The van der Waals surface area contributed by atoms with Crippen LogP contribution in [0.2, 0.25) is 0 Å². The van der Waals surface area contributed by atoms with Gasteiger partial charge >= 0.3 is 0 Å². The van der Waals surface area contributed by atoms with E-state index in [9.17, 15) is 9.18 Å². The fourth-order valence-corrected chi connectivity index (χ4v) is 2.43. The third-order valence-corrected chi connectivity index (χ3v) is 3.60. The second-order valence-electron chi connectivity index (χ2n) is 4.27. The number of aryl methyl sites for hydroxylation is 1. The maximum absolute atomic E-state index is 13.4. The summed E-state index contributed by atoms with van der Waals surface area (Å²) in [5.41, 5.74) is -0.0530. The molecule has 0 bridgehead atoms. The third kappa shape index (κ3) is 3.80. The number of unbranched alkanes of at least 4 members (excludes halogenated alkanes) is 2. The summed E-state index contributed by atoms with van der Waals surface area (Å²) in [7, 11) is 0. The van der Waals surface area contributed by atoms with Crippen LogP contribution in [0.1, 0.15) is 41.6 Å². The van der Waals surface area contributed by atoms with Gasteiger partial charge in [0.15, 0.2) is 5.82 Å². The molecule has 0 atom stereocenters. The van der Waals surface area contributed by atoms with Crippen molar-refractivity contribution in [3.63, 3.8) is 0 Å². The molecule has 106 valence electrons. The minimum Gasteiger partial charge on any atom is -0.296 e. The van der Waals surface area contributed by atoms with E-state index in [0.29, 0.717) is 5.13 Å². The fourth-order valence-electron chi connectivity index (χ4n) is 1.66. The van der Waals surface area contributed by atoms with Gasteiger partial charge in [0, 0.05) is 12.6 Å². The number of anilines is 1. The Morgan fingerprint density at radius 1 is 1.40 bits per heavy atom. The van der Waals surface area contributed by atoms with Crippen LogP contribution in [0, 0.1) is 5.82 Å². The number of carbonyl (C=O) groups excluding carboxylic acids is 1. The van der Waals surface area contributed by atoms with Gasteiger partial charge in [-0.15, -0.1) is 10.2 Å². The molecule has 1 N–H and O–H groups in total. The number of hydrogen-bond acceptors (Lipinski definition) is 5. The van der Waals surface area contributed by atoms with E-state index in [1.54, 1.807) is 0 Å². The highest BCUT2D eigenvalue weighted by atomic mass is 32.1. The Kier molecular flexibility index (Phi) is 5.11. The van der Waals surface area contributed by atoms with Crippen LogP contribution in [-0.2, 0) is 6.42 Å². The maximum Gasteiger partial charge on any atom is 0.260 e. The van der Waals surface area contributed by atoms with Gasteiger partial charge in [0.1, 0.15) is 5.01 Å². The fraction of sp³-hybridized carbons (Fsp3) is 0.385. The van der Waals surface area contributed by atoms with Crippen LogP contribution in [0.5, 0.6) is 0 Å². The van der Waals surface area contributed by atoms with E-state index in [0.717, 1.165) is 36.9 Å². The molecule has 0 aliphatic rings. The summed E-state index contributed by atoms with van der Waals surface area (Å²) in [5.74, 6) is -1.20. The molecular formula is C13H15FN4OS. The van der Waals surface area contributed by atoms with Crippen LogP contribution in [-0.4, -0.2) is 21.1 Å². The van der Waals surface area contributed by atoms with Gasteiger partial charge in [-0.25, -0.2) is 4.39 Å². The van der Waals surface area contributed by atoms with E-state index in [-0.39, 0.29) is 5.56 Å². The van der Waals surface area contributed by atoms with Crippen molar-refractivity contribution >= 4 is 22.4 Å². The predicted molar refractivity (Wildman–Crippen MR) is 75.3 cm³/mol. The van der Waals surface area contributed by atoms with Gasteiger partial charge in [-0.3, -0.25) is 15.1 Å². The van der Waals surface area contributed by atoms with E-state index in [1.807, 2.05) is 0 Å². The Labute approximate surface area is 120 Å². The van der Waals surface area contributed by atoms with Crippen molar-refractivity contribution in [2.24, 2.45) is 0 Å². The van der Waals surface area contributed by atoms with Gasteiger partial charge < -0.3 is 0 Å². The van der Waals surface area contributed by atoms with E-state index >= 15 is 0 Å². The largest absolute Gasteiger partial charge is 0.296 e. The van der Waals surface area contributed by atoms with Gasteiger partial charge in [-0.05, 0) is 12.5 Å². The molecule has 1 amide bonds. The molecule has 20 heavy (non-hydrogen) atoms. The standard InChI is InChI=1S/C13H15FN4OS/c1-2-3-4-5-11-17-18-13(20-11)16-12(19)9-6-7-15-8-10(9)14/h6-8H,2-5H2,1H3,(H,16,18,19). The lowest BCUT2D eigenvalue weighted by atomic mass is 10.2. The Bertz CT molecular complexity index is 587. The zero-order valence-electron chi connectivity index (χ0n) is 11.1. The zero-order valence-corrected chi connectivity index (χ0v) is 11.9. The minimum absolute atomic E-state index is 0.0530. The summed E-state index contributed by atoms with van der Waals surface area (Å²) in [6.45, 7) is 2.13. The lowest BCUT2D eigenvalue weighted by molar-refractivity contribution is 0.102. The van der Waals surface area contributed by atoms with E-state index in [2.05, 4.69) is 27.4 Å². The Balaban J connectivity index is 1.97. The number of nitrogens with one attached hydrogen (secondary N) is 1. The molecule has 0 aliphatic carbocycles. The first-order chi connectivity index (χ1) is 9.70. The summed E-state index contributed by atoms with van der Waals surface area (Å²) in [6.07, 6.45) is 6.57. The van der Waals surface area contributed by atoms with Gasteiger partial charge in [0.25, 0.3) is 5.91 Å². The molecule has 0 fully saturated rings. The SMILES string of the molecule is CCCCCc1nnc(NC(=O)c2ccncc2F)s1. The summed E-state index contributed by atoms with van der Waals surface area (Å²) in [4.78, 5) is 15.5. The second kappa shape index (κ2) is 7.04. The summed E-state index contributed by atoms with van der Waals surface area (Å²) < 4.78 is 13.4. The Morgan fingerprint density at radius 2 is 2.25 bits per heavy atom. The number of pyridine rings is 1. The molecular weight excluding hydrogens is 279 g/mol. The highest BCUT2D eigenvalue weighted by molar-refractivity contribution is 7.15. The molecule has 0 spiro atoms. The van der Waals surface area contributed by atoms with Crippen LogP contribution in [0.3, 0.4) is 0 Å². The van der Waals surface area contributed by atoms with Crippen LogP contribution in [0.15, 0.2) is 18.5 Å². The summed E-state index contributed by atoms with van der Waals surface area (Å²) >= 11 is 1.32. The normalized spacial score (nSPS) is 10.5. The average Bonchev–Trinajstić information content (AvgIpc) is 2.87. The first-order valence-corrected chi connectivity index (χ1v) is 7.25. The minimum atomic E-state index is -0.655. The lowest BCUT2D eigenvalue weighted by Gasteiger charge is -2.01. The van der Waals surface area contributed by atoms with Crippen LogP contribution in [0.25, 0.3) is 0 Å². The molecule has 0 saturated carbocycles. The first kappa shape index (κ1) is 14.5. The van der Waals surface area contributed by atoms with Crippen LogP contribution < -0.4 is 5.32 Å². The number of carbonyl (C=O) groups is 1. The van der Waals surface area contributed by atoms with Crippen molar-refractivity contribution in [1.29, 1.82) is 0 Å². The van der Waals surface area contributed by atoms with Gasteiger partial charge in [-0.1, -0.05) is 31.1 Å². The summed E-state index contributed by atoms with van der Waals surface area (Å²) in [6, 6.07) is 1.33. The maximum atomic E-state index is 13.4. The monoisotopic (exact) mass is 294 g/mol. The number of hydrogen-bond donors (Lipinski definition) is 1. The Hall–Kier alpha value is -1.89. The van der Waals surface area contributed by atoms with Crippen LogP contribution >= 0.6 is 11.3 Å².